The highest BCUT2D eigenvalue weighted by Crippen LogP contribution is 2.15. The Bertz CT molecular complexity index is 519. The first-order chi connectivity index (χ1) is 8.22. The van der Waals surface area contributed by atoms with Crippen molar-refractivity contribution in [1.29, 1.82) is 0 Å². The lowest BCUT2D eigenvalue weighted by Crippen LogP contribution is -2.36. The van der Waals surface area contributed by atoms with Gasteiger partial charge in [0.25, 0.3) is 0 Å². The molecule has 17 heavy (non-hydrogen) atoms. The summed E-state index contributed by atoms with van der Waals surface area (Å²) in [5, 5.41) is 1.14. The summed E-state index contributed by atoms with van der Waals surface area (Å²) in [5.74, 6) is -0.356. The zero-order valence-electron chi connectivity index (χ0n) is 9.80. The van der Waals surface area contributed by atoms with Gasteiger partial charge in [-0.05, 0) is 24.4 Å². The van der Waals surface area contributed by atoms with Crippen LogP contribution in [0.25, 0.3) is 10.9 Å². The van der Waals surface area contributed by atoms with Crippen molar-refractivity contribution in [3.63, 3.8) is 0 Å². The number of para-hydroxylation sites is 1. The van der Waals surface area contributed by atoms with Gasteiger partial charge in [0.15, 0.2) is 0 Å². The van der Waals surface area contributed by atoms with E-state index in [1.165, 1.54) is 0 Å². The number of fused-ring (bicyclic) bond motifs is 1. The minimum absolute atomic E-state index is 0.356. The third kappa shape index (κ3) is 2.47. The van der Waals surface area contributed by atoms with E-state index in [1.54, 1.807) is 6.92 Å². The van der Waals surface area contributed by atoms with Crippen molar-refractivity contribution in [2.45, 2.75) is 19.5 Å². The van der Waals surface area contributed by atoms with Crippen LogP contribution in [0.1, 0.15) is 6.92 Å². The summed E-state index contributed by atoms with van der Waals surface area (Å²) >= 11 is 0. The number of nitrogens with two attached hydrogens (primary N) is 1. The van der Waals surface area contributed by atoms with Crippen LogP contribution in [-0.2, 0) is 16.1 Å². The molecule has 0 fully saturated rings. The molecule has 4 nitrogen and oxygen atoms in total. The van der Waals surface area contributed by atoms with E-state index in [4.69, 9.17) is 10.5 Å². The molecule has 0 spiro atoms. The van der Waals surface area contributed by atoms with Gasteiger partial charge in [-0.3, -0.25) is 4.79 Å². The fraction of sp³-hybridized carbons (Fsp3) is 0.308. The first-order valence-corrected chi connectivity index (χ1v) is 5.68. The normalized spacial score (nSPS) is 12.6. The molecule has 0 bridgehead atoms. The Morgan fingerprint density at radius 3 is 2.94 bits per heavy atom. The molecule has 0 amide bonds. The number of benzene rings is 1. The Hall–Kier alpha value is -1.81. The number of esters is 1. The SMILES string of the molecule is CCOC(=O)C(N)Cn1ccc2ccccc21. The van der Waals surface area contributed by atoms with Gasteiger partial charge in [0, 0.05) is 18.3 Å². The molecular formula is C13H16N2O2. The summed E-state index contributed by atoms with van der Waals surface area (Å²) in [6.07, 6.45) is 1.93. The number of carbonyl (C=O) groups is 1. The summed E-state index contributed by atoms with van der Waals surface area (Å²) in [7, 11) is 0. The van der Waals surface area contributed by atoms with Gasteiger partial charge in [0.2, 0.25) is 0 Å². The Balaban J connectivity index is 2.16. The van der Waals surface area contributed by atoms with Gasteiger partial charge < -0.3 is 15.0 Å². The molecule has 1 atom stereocenters. The van der Waals surface area contributed by atoms with E-state index in [9.17, 15) is 4.79 Å². The van der Waals surface area contributed by atoms with Gasteiger partial charge in [0.1, 0.15) is 6.04 Å². The molecule has 2 rings (SSSR count). The molecule has 90 valence electrons. The lowest BCUT2D eigenvalue weighted by Gasteiger charge is -2.12. The fourth-order valence-electron chi connectivity index (χ4n) is 1.84. The molecular weight excluding hydrogens is 216 g/mol. The van der Waals surface area contributed by atoms with Gasteiger partial charge in [-0.2, -0.15) is 0 Å². The van der Waals surface area contributed by atoms with E-state index >= 15 is 0 Å². The molecule has 1 aromatic carbocycles. The maximum atomic E-state index is 11.4. The highest BCUT2D eigenvalue weighted by atomic mass is 16.5. The van der Waals surface area contributed by atoms with Gasteiger partial charge in [0.05, 0.1) is 6.61 Å². The summed E-state index contributed by atoms with van der Waals surface area (Å²) in [5.41, 5.74) is 6.87. The van der Waals surface area contributed by atoms with E-state index in [0.29, 0.717) is 13.2 Å². The largest absolute Gasteiger partial charge is 0.465 e. The average molecular weight is 232 g/mol. The predicted molar refractivity (Wildman–Crippen MR) is 66.5 cm³/mol. The molecule has 0 aliphatic heterocycles. The Morgan fingerprint density at radius 2 is 2.18 bits per heavy atom. The van der Waals surface area contributed by atoms with Crippen molar-refractivity contribution in [2.24, 2.45) is 5.73 Å². The first kappa shape index (κ1) is 11.7. The number of carbonyl (C=O) groups excluding carboxylic acids is 1. The van der Waals surface area contributed by atoms with Crippen LogP contribution in [0.15, 0.2) is 36.5 Å². The Kier molecular flexibility index (Phi) is 3.44. The molecule has 0 saturated heterocycles. The van der Waals surface area contributed by atoms with Crippen molar-refractivity contribution in [2.75, 3.05) is 6.61 Å². The van der Waals surface area contributed by atoms with E-state index in [0.717, 1.165) is 10.9 Å². The number of nitrogens with zero attached hydrogens (tertiary/aromatic N) is 1. The van der Waals surface area contributed by atoms with Crippen LogP contribution in [0.2, 0.25) is 0 Å². The Labute approximate surface area is 100.0 Å². The minimum Gasteiger partial charge on any atom is -0.465 e. The second-order valence-corrected chi connectivity index (χ2v) is 3.89. The van der Waals surface area contributed by atoms with E-state index in [1.807, 2.05) is 41.1 Å². The smallest absolute Gasteiger partial charge is 0.324 e. The van der Waals surface area contributed by atoms with Gasteiger partial charge >= 0.3 is 5.97 Å². The standard InChI is InChI=1S/C13H16N2O2/c1-2-17-13(16)11(14)9-15-8-7-10-5-3-4-6-12(10)15/h3-8,11H,2,9,14H2,1H3. The van der Waals surface area contributed by atoms with Crippen LogP contribution in [0, 0.1) is 0 Å². The number of ether oxygens (including phenoxy) is 1. The van der Waals surface area contributed by atoms with Crippen molar-refractivity contribution in [1.82, 2.24) is 4.57 Å². The van der Waals surface area contributed by atoms with Crippen LogP contribution in [0.3, 0.4) is 0 Å². The zero-order valence-corrected chi connectivity index (χ0v) is 9.80. The molecule has 0 saturated carbocycles. The summed E-state index contributed by atoms with van der Waals surface area (Å²) in [6, 6.07) is 9.38. The molecule has 0 aliphatic rings. The summed E-state index contributed by atoms with van der Waals surface area (Å²) in [4.78, 5) is 11.4. The molecule has 0 radical (unpaired) electrons. The molecule has 4 heteroatoms. The summed E-state index contributed by atoms with van der Waals surface area (Å²) < 4.78 is 6.86. The van der Waals surface area contributed by atoms with Crippen molar-refractivity contribution >= 4 is 16.9 Å². The zero-order chi connectivity index (χ0) is 12.3. The second kappa shape index (κ2) is 5.01. The lowest BCUT2D eigenvalue weighted by atomic mass is 10.2. The van der Waals surface area contributed by atoms with Gasteiger partial charge in [-0.25, -0.2) is 0 Å². The lowest BCUT2D eigenvalue weighted by molar-refractivity contribution is -0.144. The van der Waals surface area contributed by atoms with Crippen LogP contribution >= 0.6 is 0 Å². The number of hydrogen-bond donors (Lipinski definition) is 1. The predicted octanol–water partition coefficient (Wildman–Crippen LogP) is 1.53. The Morgan fingerprint density at radius 1 is 1.41 bits per heavy atom. The molecule has 1 heterocycles. The van der Waals surface area contributed by atoms with Crippen molar-refractivity contribution in [3.05, 3.63) is 36.5 Å². The van der Waals surface area contributed by atoms with Crippen LogP contribution < -0.4 is 5.73 Å². The van der Waals surface area contributed by atoms with E-state index in [-0.39, 0.29) is 5.97 Å². The number of hydrogen-bond acceptors (Lipinski definition) is 3. The topological polar surface area (TPSA) is 57.2 Å². The maximum Gasteiger partial charge on any atom is 0.324 e. The highest BCUT2D eigenvalue weighted by Gasteiger charge is 2.15. The molecule has 2 N–H and O–H groups in total. The number of rotatable bonds is 4. The average Bonchev–Trinajstić information content (AvgIpc) is 2.73. The minimum atomic E-state index is -0.620. The van der Waals surface area contributed by atoms with Crippen molar-refractivity contribution in [3.8, 4) is 0 Å². The monoisotopic (exact) mass is 232 g/mol. The van der Waals surface area contributed by atoms with Crippen LogP contribution in [0.5, 0.6) is 0 Å². The fourth-order valence-corrected chi connectivity index (χ4v) is 1.84. The van der Waals surface area contributed by atoms with Crippen LogP contribution in [-0.4, -0.2) is 23.2 Å². The van der Waals surface area contributed by atoms with E-state index < -0.39 is 6.04 Å². The maximum absolute atomic E-state index is 11.4. The first-order valence-electron chi connectivity index (χ1n) is 5.68. The van der Waals surface area contributed by atoms with Gasteiger partial charge in [-0.1, -0.05) is 18.2 Å². The molecule has 1 unspecified atom stereocenters. The van der Waals surface area contributed by atoms with Gasteiger partial charge in [-0.15, -0.1) is 0 Å². The van der Waals surface area contributed by atoms with E-state index in [2.05, 4.69) is 0 Å². The molecule has 0 aliphatic carbocycles. The summed E-state index contributed by atoms with van der Waals surface area (Å²) in [6.45, 7) is 2.57. The second-order valence-electron chi connectivity index (χ2n) is 3.89. The third-order valence-electron chi connectivity index (χ3n) is 2.66. The third-order valence-corrected chi connectivity index (χ3v) is 2.66. The highest BCUT2D eigenvalue weighted by molar-refractivity contribution is 5.80. The quantitative estimate of drug-likeness (QED) is 0.813. The number of aromatic nitrogens is 1. The van der Waals surface area contributed by atoms with Crippen molar-refractivity contribution < 1.29 is 9.53 Å². The molecule has 2 aromatic rings. The van der Waals surface area contributed by atoms with Crippen LogP contribution in [0.4, 0.5) is 0 Å². The molecule has 1 aromatic heterocycles.